The summed E-state index contributed by atoms with van der Waals surface area (Å²) in [4.78, 5) is 13.4. The minimum Gasteiger partial charge on any atom is -0.340 e. The predicted molar refractivity (Wildman–Crippen MR) is 118 cm³/mol. The molecule has 0 atom stereocenters. The summed E-state index contributed by atoms with van der Waals surface area (Å²) in [6.45, 7) is 7.58. The van der Waals surface area contributed by atoms with Gasteiger partial charge in [0.15, 0.2) is 0 Å². The van der Waals surface area contributed by atoms with E-state index >= 15 is 0 Å². The second-order valence-electron chi connectivity index (χ2n) is 8.05. The van der Waals surface area contributed by atoms with Gasteiger partial charge in [-0.2, -0.15) is 10.2 Å². The van der Waals surface area contributed by atoms with Crippen LogP contribution in [-0.2, 0) is 18.4 Å². The zero-order chi connectivity index (χ0) is 21.1. The molecule has 30 heavy (non-hydrogen) atoms. The zero-order valence-electron chi connectivity index (χ0n) is 17.5. The summed E-state index contributed by atoms with van der Waals surface area (Å²) in [7, 11) is 0. The van der Waals surface area contributed by atoms with E-state index in [2.05, 4.69) is 55.2 Å². The molecule has 0 radical (unpaired) electrons. The number of anilines is 4. The van der Waals surface area contributed by atoms with Crippen molar-refractivity contribution in [3.8, 4) is 6.07 Å². The molecule has 3 aromatic rings. The van der Waals surface area contributed by atoms with Crippen LogP contribution < -0.4 is 16.0 Å². The highest BCUT2D eigenvalue weighted by Crippen LogP contribution is 2.26. The van der Waals surface area contributed by atoms with Crippen LogP contribution in [-0.4, -0.2) is 21.5 Å². The number of aromatic nitrogens is 3. The van der Waals surface area contributed by atoms with Crippen LogP contribution in [0, 0.1) is 18.3 Å². The van der Waals surface area contributed by atoms with Crippen LogP contribution in [0.5, 0.6) is 0 Å². The fraction of sp³-hybridized carbons (Fsp3) is 0.304. The molecule has 152 valence electrons. The third kappa shape index (κ3) is 4.24. The van der Waals surface area contributed by atoms with Gasteiger partial charge in [0, 0.05) is 35.9 Å². The van der Waals surface area contributed by atoms with E-state index in [0.29, 0.717) is 17.5 Å². The molecule has 3 N–H and O–H groups in total. The molecule has 0 bridgehead atoms. The molecule has 1 aliphatic heterocycles. The molecule has 0 spiro atoms. The van der Waals surface area contributed by atoms with E-state index in [1.165, 1.54) is 11.1 Å². The van der Waals surface area contributed by atoms with Crippen molar-refractivity contribution in [2.24, 2.45) is 0 Å². The monoisotopic (exact) mass is 399 g/mol. The van der Waals surface area contributed by atoms with E-state index in [1.807, 2.05) is 32.9 Å². The number of nitriles is 1. The average molecular weight is 400 g/mol. The topological polar surface area (TPSA) is 98.6 Å². The van der Waals surface area contributed by atoms with Gasteiger partial charge in [-0.3, -0.25) is 4.98 Å². The van der Waals surface area contributed by atoms with Crippen molar-refractivity contribution >= 4 is 23.1 Å². The second kappa shape index (κ2) is 8.09. The van der Waals surface area contributed by atoms with Crippen LogP contribution in [0.25, 0.3) is 0 Å². The van der Waals surface area contributed by atoms with Crippen LogP contribution in [0.2, 0.25) is 0 Å². The van der Waals surface area contributed by atoms with Gasteiger partial charge in [0.1, 0.15) is 5.82 Å². The van der Waals surface area contributed by atoms with E-state index < -0.39 is 5.41 Å². The highest BCUT2D eigenvalue weighted by Gasteiger charge is 2.21. The van der Waals surface area contributed by atoms with Gasteiger partial charge in [-0.15, -0.1) is 0 Å². The van der Waals surface area contributed by atoms with Gasteiger partial charge in [0.25, 0.3) is 0 Å². The third-order valence-corrected chi connectivity index (χ3v) is 5.26. The summed E-state index contributed by atoms with van der Waals surface area (Å²) in [5, 5.41) is 19.4. The number of fused-ring (bicyclic) bond motifs is 1. The molecule has 0 unspecified atom stereocenters. The van der Waals surface area contributed by atoms with Gasteiger partial charge in [-0.05, 0) is 69.1 Å². The van der Waals surface area contributed by atoms with Gasteiger partial charge in [-0.1, -0.05) is 6.07 Å². The normalized spacial score (nSPS) is 13.3. The number of pyridine rings is 1. The Morgan fingerprint density at radius 2 is 1.90 bits per heavy atom. The predicted octanol–water partition coefficient (Wildman–Crippen LogP) is 4.11. The van der Waals surface area contributed by atoms with Gasteiger partial charge in [0.05, 0.1) is 17.2 Å². The first kappa shape index (κ1) is 19.8. The Hall–Kier alpha value is -3.50. The Bertz CT molecular complexity index is 1110. The number of nitrogens with zero attached hydrogens (tertiary/aromatic N) is 4. The minimum absolute atomic E-state index is 0.531. The lowest BCUT2D eigenvalue weighted by Crippen LogP contribution is -2.23. The Labute approximate surface area is 176 Å². The van der Waals surface area contributed by atoms with Crippen LogP contribution in [0.4, 0.5) is 23.1 Å². The maximum Gasteiger partial charge on any atom is 0.229 e. The smallest absolute Gasteiger partial charge is 0.229 e. The molecule has 4 rings (SSSR count). The first-order valence-corrected chi connectivity index (χ1v) is 10.0. The largest absolute Gasteiger partial charge is 0.340 e. The molecular formula is C23H25N7. The molecule has 0 aliphatic carbocycles. The Morgan fingerprint density at radius 3 is 2.73 bits per heavy atom. The first-order valence-electron chi connectivity index (χ1n) is 10.0. The van der Waals surface area contributed by atoms with Crippen molar-refractivity contribution < 1.29 is 0 Å². The van der Waals surface area contributed by atoms with Gasteiger partial charge in [0.2, 0.25) is 5.95 Å². The second-order valence-corrected chi connectivity index (χ2v) is 8.05. The molecule has 7 heteroatoms. The number of rotatable bonds is 5. The molecule has 3 heterocycles. The summed E-state index contributed by atoms with van der Waals surface area (Å²) >= 11 is 0. The van der Waals surface area contributed by atoms with E-state index in [0.717, 1.165) is 36.4 Å². The van der Waals surface area contributed by atoms with Gasteiger partial charge in [-0.25, -0.2) is 4.98 Å². The Balaban J connectivity index is 1.56. The summed E-state index contributed by atoms with van der Waals surface area (Å²) < 4.78 is 0. The lowest BCUT2D eigenvalue weighted by atomic mass is 9.91. The quantitative estimate of drug-likeness (QED) is 0.594. The first-order chi connectivity index (χ1) is 14.4. The molecule has 0 saturated heterocycles. The summed E-state index contributed by atoms with van der Waals surface area (Å²) in [6, 6.07) is 12.4. The third-order valence-electron chi connectivity index (χ3n) is 5.26. The maximum absolute atomic E-state index is 9.38. The maximum atomic E-state index is 9.38. The van der Waals surface area contributed by atoms with Crippen molar-refractivity contribution in [2.45, 2.75) is 39.2 Å². The SMILES string of the molecule is Cc1cnc(Nc2ccc3c(c2)CCNC3)nc1Nc1ccnc(C(C)(C)C#N)c1. The van der Waals surface area contributed by atoms with Crippen LogP contribution in [0.15, 0.2) is 42.7 Å². The Morgan fingerprint density at radius 1 is 1.07 bits per heavy atom. The number of aryl methyl sites for hydroxylation is 1. The molecule has 0 fully saturated rings. The standard InChI is InChI=1S/C23H25N7/c1-15-12-27-22(29-18-5-4-17-13-25-8-6-16(17)10-18)30-21(15)28-19-7-9-26-20(11-19)23(2,3)14-24/h4-5,7,9-12,25H,6,8,13H2,1-3H3,(H2,26,27,28,29,30). The van der Waals surface area contributed by atoms with E-state index in [1.54, 1.807) is 12.4 Å². The summed E-state index contributed by atoms with van der Waals surface area (Å²) in [5.41, 5.74) is 5.48. The highest BCUT2D eigenvalue weighted by molar-refractivity contribution is 5.63. The fourth-order valence-electron chi connectivity index (χ4n) is 3.36. The fourth-order valence-corrected chi connectivity index (χ4v) is 3.36. The van der Waals surface area contributed by atoms with Gasteiger partial charge >= 0.3 is 0 Å². The van der Waals surface area contributed by atoms with E-state index in [9.17, 15) is 5.26 Å². The van der Waals surface area contributed by atoms with Crippen molar-refractivity contribution in [3.05, 3.63) is 65.1 Å². The lowest BCUT2D eigenvalue weighted by Gasteiger charge is -2.18. The van der Waals surface area contributed by atoms with Crippen LogP contribution in [0.3, 0.4) is 0 Å². The van der Waals surface area contributed by atoms with Crippen LogP contribution in [0.1, 0.15) is 36.2 Å². The average Bonchev–Trinajstić information content (AvgIpc) is 2.76. The molecule has 1 aliphatic rings. The van der Waals surface area contributed by atoms with Gasteiger partial charge < -0.3 is 16.0 Å². The van der Waals surface area contributed by atoms with Crippen molar-refractivity contribution in [1.29, 1.82) is 5.26 Å². The molecule has 1 aromatic carbocycles. The number of hydrogen-bond acceptors (Lipinski definition) is 7. The van der Waals surface area contributed by atoms with Crippen molar-refractivity contribution in [1.82, 2.24) is 20.3 Å². The van der Waals surface area contributed by atoms with Crippen molar-refractivity contribution in [3.63, 3.8) is 0 Å². The minimum atomic E-state index is -0.660. The summed E-state index contributed by atoms with van der Waals surface area (Å²) in [6.07, 6.45) is 4.52. The number of benzene rings is 1. The Kier molecular flexibility index (Phi) is 5.34. The zero-order valence-corrected chi connectivity index (χ0v) is 17.5. The highest BCUT2D eigenvalue weighted by atomic mass is 15.1. The number of nitrogens with one attached hydrogen (secondary N) is 3. The van der Waals surface area contributed by atoms with E-state index in [4.69, 9.17) is 0 Å². The van der Waals surface area contributed by atoms with Crippen molar-refractivity contribution in [2.75, 3.05) is 17.2 Å². The van der Waals surface area contributed by atoms with Crippen LogP contribution >= 0.6 is 0 Å². The molecular weight excluding hydrogens is 374 g/mol. The lowest BCUT2D eigenvalue weighted by molar-refractivity contribution is 0.644. The number of hydrogen-bond donors (Lipinski definition) is 3. The molecule has 2 aromatic heterocycles. The summed E-state index contributed by atoms with van der Waals surface area (Å²) in [5.74, 6) is 1.24. The molecule has 0 amide bonds. The molecule has 0 saturated carbocycles. The van der Waals surface area contributed by atoms with E-state index in [-0.39, 0.29) is 0 Å². The molecule has 7 nitrogen and oxygen atoms in total.